The molecule has 10 heteroatoms. The number of methoxy groups -OCH3 is 1. The van der Waals surface area contributed by atoms with Gasteiger partial charge in [0.05, 0.1) is 18.6 Å². The molecule has 8 nitrogen and oxygen atoms in total. The molecule has 1 heterocycles. The number of H-pyrrole nitrogens is 1. The van der Waals surface area contributed by atoms with Crippen molar-refractivity contribution in [3.8, 4) is 0 Å². The summed E-state index contributed by atoms with van der Waals surface area (Å²) in [6.07, 6.45) is 0.243. The fraction of sp³-hybridized carbons (Fsp3) is 0.421. The van der Waals surface area contributed by atoms with Gasteiger partial charge < -0.3 is 15.4 Å². The van der Waals surface area contributed by atoms with Gasteiger partial charge >= 0.3 is 5.69 Å². The Hall–Kier alpha value is -2.29. The van der Waals surface area contributed by atoms with Crippen LogP contribution in [0.3, 0.4) is 0 Å². The number of aromatic amines is 1. The van der Waals surface area contributed by atoms with E-state index in [-0.39, 0.29) is 37.6 Å². The Bertz CT molecular complexity index is 1030. The van der Waals surface area contributed by atoms with Gasteiger partial charge in [0.2, 0.25) is 5.91 Å². The molecule has 2 aromatic rings. The molecule has 0 radical (unpaired) electrons. The lowest BCUT2D eigenvalue weighted by Gasteiger charge is -2.27. The molecule has 0 spiro atoms. The predicted molar refractivity (Wildman–Crippen MR) is 113 cm³/mol. The van der Waals surface area contributed by atoms with Crippen molar-refractivity contribution < 1.29 is 9.53 Å². The minimum absolute atomic E-state index is 0.0472. The number of hydrogen-bond donors (Lipinski definition) is 2. The lowest BCUT2D eigenvalue weighted by Crippen LogP contribution is -2.46. The second kappa shape index (κ2) is 7.85. The number of carbonyl (C=O) groups excluding carboxylic acids is 1. The molecule has 3 N–H and O–H groups in total. The Morgan fingerprint density at radius 1 is 1.31 bits per heavy atom. The van der Waals surface area contributed by atoms with Gasteiger partial charge in [0.25, 0.3) is 5.56 Å². The standard InChI is InChI=1S/C19H22Cl2N4O4/c1-18(11-19(18,20)21)16(27)24(8-9-29-2)13-14(22)25(17(28)23-15(13)26)10-12-6-4-3-5-7-12/h3-7H,8-11,22H2,1-2H3,(H,23,26,28). The summed E-state index contributed by atoms with van der Waals surface area (Å²) in [5.74, 6) is -0.576. The van der Waals surface area contributed by atoms with Crippen LogP contribution >= 0.6 is 23.2 Å². The maximum atomic E-state index is 13.2. The summed E-state index contributed by atoms with van der Waals surface area (Å²) >= 11 is 12.3. The van der Waals surface area contributed by atoms with Crippen molar-refractivity contribution in [1.29, 1.82) is 0 Å². The van der Waals surface area contributed by atoms with Crippen molar-refractivity contribution in [3.63, 3.8) is 0 Å². The molecule has 1 atom stereocenters. The van der Waals surface area contributed by atoms with Gasteiger partial charge in [0, 0.05) is 13.7 Å². The quantitative estimate of drug-likeness (QED) is 0.636. The highest BCUT2D eigenvalue weighted by atomic mass is 35.5. The number of ether oxygens (including phenoxy) is 1. The van der Waals surface area contributed by atoms with Gasteiger partial charge in [-0.15, -0.1) is 23.2 Å². The van der Waals surface area contributed by atoms with Gasteiger partial charge in [-0.3, -0.25) is 19.1 Å². The van der Waals surface area contributed by atoms with Gasteiger partial charge in [-0.05, 0) is 18.9 Å². The van der Waals surface area contributed by atoms with Crippen LogP contribution in [0.1, 0.15) is 18.9 Å². The van der Waals surface area contributed by atoms with E-state index in [9.17, 15) is 14.4 Å². The number of nitrogens with two attached hydrogens (primary N) is 1. The summed E-state index contributed by atoms with van der Waals surface area (Å²) in [4.78, 5) is 41.7. The number of hydrogen-bond acceptors (Lipinski definition) is 5. The number of rotatable bonds is 7. The van der Waals surface area contributed by atoms with E-state index in [1.165, 1.54) is 16.6 Å². The van der Waals surface area contributed by atoms with E-state index in [1.807, 2.05) is 30.3 Å². The van der Waals surface area contributed by atoms with Crippen molar-refractivity contribution >= 4 is 40.6 Å². The third-order valence-electron chi connectivity index (χ3n) is 5.16. The third kappa shape index (κ3) is 3.92. The highest BCUT2D eigenvalue weighted by molar-refractivity contribution is 6.53. The van der Waals surface area contributed by atoms with Gasteiger partial charge in [0.15, 0.2) is 5.69 Å². The molecular weight excluding hydrogens is 419 g/mol. The fourth-order valence-corrected chi connectivity index (χ4v) is 3.88. The van der Waals surface area contributed by atoms with Crippen LogP contribution in [0.5, 0.6) is 0 Å². The molecule has 0 bridgehead atoms. The van der Waals surface area contributed by atoms with Crippen molar-refractivity contribution in [2.24, 2.45) is 5.41 Å². The van der Waals surface area contributed by atoms with Crippen LogP contribution in [-0.2, 0) is 16.1 Å². The van der Waals surface area contributed by atoms with Crippen molar-refractivity contribution in [1.82, 2.24) is 9.55 Å². The average molecular weight is 441 g/mol. The maximum Gasteiger partial charge on any atom is 0.330 e. The van der Waals surface area contributed by atoms with Crippen LogP contribution in [0.4, 0.5) is 11.5 Å². The number of nitrogens with zero attached hydrogens (tertiary/aromatic N) is 2. The van der Waals surface area contributed by atoms with Crippen molar-refractivity contribution in [2.75, 3.05) is 30.9 Å². The Morgan fingerprint density at radius 3 is 2.48 bits per heavy atom. The van der Waals surface area contributed by atoms with Crippen molar-refractivity contribution in [2.45, 2.75) is 24.2 Å². The normalized spacial score (nSPS) is 19.7. The van der Waals surface area contributed by atoms with Crippen LogP contribution in [0.15, 0.2) is 39.9 Å². The second-order valence-electron chi connectivity index (χ2n) is 7.23. The Kier molecular flexibility index (Phi) is 5.80. The zero-order valence-electron chi connectivity index (χ0n) is 16.1. The van der Waals surface area contributed by atoms with Crippen LogP contribution in [0.2, 0.25) is 0 Å². The van der Waals surface area contributed by atoms with Crippen molar-refractivity contribution in [3.05, 3.63) is 56.7 Å². The van der Waals surface area contributed by atoms with E-state index >= 15 is 0 Å². The lowest BCUT2D eigenvalue weighted by atomic mass is 10.1. The largest absolute Gasteiger partial charge is 0.383 e. The van der Waals surface area contributed by atoms with Gasteiger partial charge in [-0.2, -0.15) is 0 Å². The molecule has 1 aliphatic rings. The molecule has 1 aromatic carbocycles. The minimum atomic E-state index is -1.23. The number of carbonyl (C=O) groups is 1. The number of amides is 1. The Labute approximate surface area is 177 Å². The Balaban J connectivity index is 2.08. The molecule has 1 amide bonds. The molecular formula is C19H22Cl2N4O4. The smallest absolute Gasteiger partial charge is 0.330 e. The van der Waals surface area contributed by atoms with Crippen LogP contribution in [-0.4, -0.2) is 40.1 Å². The van der Waals surface area contributed by atoms with E-state index in [1.54, 1.807) is 6.92 Å². The van der Waals surface area contributed by atoms with E-state index in [0.29, 0.717) is 0 Å². The number of anilines is 2. The highest BCUT2D eigenvalue weighted by Crippen LogP contribution is 2.64. The zero-order valence-corrected chi connectivity index (χ0v) is 17.6. The summed E-state index contributed by atoms with van der Waals surface area (Å²) in [6.45, 7) is 1.95. The molecule has 1 aliphatic carbocycles. The number of aromatic nitrogens is 2. The van der Waals surface area contributed by atoms with Crippen LogP contribution in [0.25, 0.3) is 0 Å². The predicted octanol–water partition coefficient (Wildman–Crippen LogP) is 1.73. The third-order valence-corrected chi connectivity index (χ3v) is 6.26. The van der Waals surface area contributed by atoms with E-state index in [2.05, 4.69) is 4.98 Å². The number of halogens is 2. The first-order valence-electron chi connectivity index (χ1n) is 8.97. The van der Waals surface area contributed by atoms with E-state index in [4.69, 9.17) is 33.7 Å². The number of alkyl halides is 2. The van der Waals surface area contributed by atoms with Gasteiger partial charge in [-0.1, -0.05) is 30.3 Å². The number of nitrogens with one attached hydrogen (secondary N) is 1. The first kappa shape index (κ1) is 21.4. The summed E-state index contributed by atoms with van der Waals surface area (Å²) in [5, 5.41) is 0. The topological polar surface area (TPSA) is 110 Å². The molecule has 1 saturated carbocycles. The molecule has 156 valence electrons. The van der Waals surface area contributed by atoms with Crippen LogP contribution < -0.4 is 21.9 Å². The lowest BCUT2D eigenvalue weighted by molar-refractivity contribution is -0.123. The van der Waals surface area contributed by atoms with E-state index in [0.717, 1.165) is 5.56 Å². The molecule has 0 saturated heterocycles. The molecule has 1 fully saturated rings. The summed E-state index contributed by atoms with van der Waals surface area (Å²) in [5.41, 5.74) is 4.40. The van der Waals surface area contributed by atoms with E-state index < -0.39 is 26.9 Å². The molecule has 1 aromatic heterocycles. The molecule has 1 unspecified atom stereocenters. The first-order valence-corrected chi connectivity index (χ1v) is 9.73. The summed E-state index contributed by atoms with van der Waals surface area (Å²) in [6, 6.07) is 9.15. The Morgan fingerprint density at radius 2 is 1.93 bits per heavy atom. The number of benzene rings is 1. The molecule has 0 aliphatic heterocycles. The van der Waals surface area contributed by atoms with Gasteiger partial charge in [0.1, 0.15) is 10.2 Å². The zero-order chi connectivity index (χ0) is 21.4. The second-order valence-corrected chi connectivity index (χ2v) is 8.71. The summed E-state index contributed by atoms with van der Waals surface area (Å²) < 4.78 is 5.06. The molecule has 3 rings (SSSR count). The summed E-state index contributed by atoms with van der Waals surface area (Å²) in [7, 11) is 1.47. The number of nitrogen functional groups attached to an aromatic ring is 1. The SMILES string of the molecule is COCCN(C(=O)C1(C)CC1(Cl)Cl)c1c(N)n(Cc2ccccc2)c(=O)[nH]c1=O. The fourth-order valence-electron chi connectivity index (χ4n) is 3.19. The maximum absolute atomic E-state index is 13.2. The minimum Gasteiger partial charge on any atom is -0.383 e. The average Bonchev–Trinajstić information content (AvgIpc) is 3.20. The monoisotopic (exact) mass is 440 g/mol. The molecule has 29 heavy (non-hydrogen) atoms. The van der Waals surface area contributed by atoms with Crippen LogP contribution in [0, 0.1) is 5.41 Å². The van der Waals surface area contributed by atoms with Gasteiger partial charge in [-0.25, -0.2) is 4.79 Å². The highest BCUT2D eigenvalue weighted by Gasteiger charge is 2.69. The first-order chi connectivity index (χ1) is 13.6.